The number of carbonyl (C=O) groups excluding carboxylic acids is 2. The van der Waals surface area contributed by atoms with Crippen LogP contribution in [0.15, 0.2) is 207 Å². The zero-order chi connectivity index (χ0) is 46.2. The quantitative estimate of drug-likeness (QED) is 0.0824. The third kappa shape index (κ3) is 9.28. The number of hydrogen-bond donors (Lipinski definition) is 3. The van der Waals surface area contributed by atoms with Crippen LogP contribution >= 0.6 is 0 Å². The molecule has 0 aliphatic rings. The van der Waals surface area contributed by atoms with Crippen molar-refractivity contribution in [1.82, 2.24) is 29.7 Å². The normalized spacial score (nSPS) is 12.7. The molecule has 332 valence electrons. The van der Waals surface area contributed by atoms with Gasteiger partial charge >= 0.3 is 12.1 Å². The van der Waals surface area contributed by atoms with E-state index in [1.165, 1.54) is 0 Å². The average Bonchev–Trinajstić information content (AvgIpc) is 4.01. The smallest absolute Gasteiger partial charge is 0.408 e. The first kappa shape index (κ1) is 44.6. The Morgan fingerprint density at radius 3 is 1.09 bits per heavy atom. The molecule has 2 aromatic heterocycles. The maximum Gasteiger partial charge on any atom is 0.408 e. The van der Waals surface area contributed by atoms with Gasteiger partial charge in [0.25, 0.3) is 0 Å². The number of amides is 2. The number of benzene rings is 6. The van der Waals surface area contributed by atoms with Crippen molar-refractivity contribution in [3.05, 3.63) is 252 Å². The Morgan fingerprint density at radius 2 is 0.803 bits per heavy atom. The SMILES string of the molecule is CC(C)(C)OC(=O)N[C@@H](Cc1cn(C(c2ccccc2)(c2ccccc2)c2ccccc2)cn1)C(=O)N[C@@H](Cc1cn(C(c2ccccc2)(c2ccccc2)c2ccccc2)cn1)C(=O)O. The lowest BCUT2D eigenvalue weighted by molar-refractivity contribution is -0.142. The van der Waals surface area contributed by atoms with Gasteiger partial charge in [-0.1, -0.05) is 182 Å². The molecule has 11 nitrogen and oxygen atoms in total. The van der Waals surface area contributed by atoms with Gasteiger partial charge in [-0.15, -0.1) is 0 Å². The highest BCUT2D eigenvalue weighted by molar-refractivity contribution is 5.89. The molecule has 11 heteroatoms. The minimum Gasteiger partial charge on any atom is -0.480 e. The van der Waals surface area contributed by atoms with Crippen LogP contribution in [0.4, 0.5) is 4.79 Å². The molecule has 0 spiro atoms. The van der Waals surface area contributed by atoms with Gasteiger partial charge in [-0.2, -0.15) is 0 Å². The molecule has 2 heterocycles. The van der Waals surface area contributed by atoms with Crippen LogP contribution in [0.1, 0.15) is 65.5 Å². The zero-order valence-electron chi connectivity index (χ0n) is 37.1. The summed E-state index contributed by atoms with van der Waals surface area (Å²) in [6.45, 7) is 5.17. The summed E-state index contributed by atoms with van der Waals surface area (Å²) in [5.74, 6) is -1.99. The fourth-order valence-corrected chi connectivity index (χ4v) is 8.83. The first-order valence-electron chi connectivity index (χ1n) is 21.9. The lowest BCUT2D eigenvalue weighted by atomic mass is 9.77. The summed E-state index contributed by atoms with van der Waals surface area (Å²) in [5, 5.41) is 16.1. The molecule has 0 bridgehead atoms. The standard InChI is InChI=1S/C55H52N6O5/c1-53(2,3)66-52(65)59-48(34-46-36-60(38-56-46)54(40-22-10-4-11-23-40,41-24-12-5-13-25-41)42-26-14-6-15-27-42)50(62)58-49(51(63)64)35-47-37-61(39-57-47)55(43-28-16-7-17-29-43,44-30-18-8-19-31-44)45-32-20-9-21-33-45/h4-33,36-39,48-49H,34-35H2,1-3H3,(H,58,62)(H,59,65)(H,63,64)/t48-,49-/m0/s1. The van der Waals surface area contributed by atoms with Crippen LogP contribution in [0.2, 0.25) is 0 Å². The highest BCUT2D eigenvalue weighted by Gasteiger charge is 2.40. The number of carboxylic acid groups (broad SMARTS) is 1. The molecule has 66 heavy (non-hydrogen) atoms. The Hall–Kier alpha value is -8.05. The van der Waals surface area contributed by atoms with Gasteiger partial charge in [-0.05, 0) is 54.2 Å². The van der Waals surface area contributed by atoms with Crippen molar-refractivity contribution < 1.29 is 24.2 Å². The number of rotatable bonds is 16. The van der Waals surface area contributed by atoms with Crippen molar-refractivity contribution in [2.75, 3.05) is 0 Å². The van der Waals surface area contributed by atoms with E-state index in [9.17, 15) is 19.5 Å². The van der Waals surface area contributed by atoms with Gasteiger partial charge in [-0.3, -0.25) is 4.79 Å². The topological polar surface area (TPSA) is 140 Å². The van der Waals surface area contributed by atoms with E-state index < -0.39 is 46.7 Å². The first-order valence-corrected chi connectivity index (χ1v) is 21.9. The van der Waals surface area contributed by atoms with Crippen molar-refractivity contribution in [2.24, 2.45) is 0 Å². The van der Waals surface area contributed by atoms with Crippen LogP contribution in [0.5, 0.6) is 0 Å². The number of ether oxygens (including phenoxy) is 1. The minimum absolute atomic E-state index is 0.0821. The van der Waals surface area contributed by atoms with E-state index in [1.54, 1.807) is 33.4 Å². The van der Waals surface area contributed by atoms with E-state index >= 15 is 0 Å². The molecule has 2 amide bonds. The number of nitrogens with zero attached hydrogens (tertiary/aromatic N) is 4. The Bertz CT molecular complexity index is 2650. The largest absolute Gasteiger partial charge is 0.480 e. The second kappa shape index (κ2) is 19.4. The fraction of sp³-hybridized carbons (Fsp3) is 0.182. The van der Waals surface area contributed by atoms with Crippen molar-refractivity contribution in [1.29, 1.82) is 0 Å². The summed E-state index contributed by atoms with van der Waals surface area (Å²) in [7, 11) is 0. The molecule has 8 rings (SSSR count). The van der Waals surface area contributed by atoms with Gasteiger partial charge in [0, 0.05) is 25.2 Å². The lowest BCUT2D eigenvalue weighted by Gasteiger charge is -2.37. The van der Waals surface area contributed by atoms with Crippen LogP contribution in [-0.2, 0) is 38.2 Å². The highest BCUT2D eigenvalue weighted by atomic mass is 16.6. The molecule has 0 aliphatic heterocycles. The van der Waals surface area contributed by atoms with Gasteiger partial charge in [0.05, 0.1) is 24.0 Å². The molecular formula is C55H52N6O5. The summed E-state index contributed by atoms with van der Waals surface area (Å²) in [4.78, 5) is 50.4. The Balaban J connectivity index is 1.12. The van der Waals surface area contributed by atoms with Crippen LogP contribution in [0.3, 0.4) is 0 Å². The number of hydrogen-bond acceptors (Lipinski definition) is 6. The molecule has 2 atom stereocenters. The fourth-order valence-electron chi connectivity index (χ4n) is 8.83. The molecule has 0 unspecified atom stereocenters. The number of aromatic nitrogens is 4. The zero-order valence-corrected chi connectivity index (χ0v) is 37.1. The molecule has 8 aromatic rings. The van der Waals surface area contributed by atoms with Gasteiger partial charge in [0.15, 0.2) is 0 Å². The molecule has 3 N–H and O–H groups in total. The van der Waals surface area contributed by atoms with Crippen LogP contribution in [0.25, 0.3) is 0 Å². The summed E-state index contributed by atoms with van der Waals surface area (Å²) < 4.78 is 9.60. The van der Waals surface area contributed by atoms with Crippen molar-refractivity contribution >= 4 is 18.0 Å². The molecule has 0 aliphatic carbocycles. The summed E-state index contributed by atoms with van der Waals surface area (Å²) in [6, 6.07) is 57.8. The van der Waals surface area contributed by atoms with Crippen LogP contribution < -0.4 is 10.6 Å². The first-order chi connectivity index (χ1) is 32.0. The van der Waals surface area contributed by atoms with E-state index in [4.69, 9.17) is 14.7 Å². The number of carbonyl (C=O) groups is 3. The Morgan fingerprint density at radius 1 is 0.500 bits per heavy atom. The monoisotopic (exact) mass is 876 g/mol. The number of alkyl carbamates (subject to hydrolysis) is 1. The van der Waals surface area contributed by atoms with Gasteiger partial charge < -0.3 is 29.6 Å². The molecule has 0 saturated heterocycles. The number of imidazole rings is 2. The molecular weight excluding hydrogens is 825 g/mol. The second-order valence-corrected chi connectivity index (χ2v) is 17.2. The van der Waals surface area contributed by atoms with Gasteiger partial charge in [-0.25, -0.2) is 19.6 Å². The number of nitrogens with one attached hydrogen (secondary N) is 2. The summed E-state index contributed by atoms with van der Waals surface area (Å²) in [5.41, 5.74) is 4.15. The Kier molecular flexibility index (Phi) is 13.1. The maximum absolute atomic E-state index is 14.4. The van der Waals surface area contributed by atoms with E-state index in [-0.39, 0.29) is 12.8 Å². The molecule has 6 aromatic carbocycles. The van der Waals surface area contributed by atoms with Gasteiger partial charge in [0.2, 0.25) is 5.91 Å². The van der Waals surface area contributed by atoms with E-state index in [2.05, 4.69) is 83.4 Å². The minimum atomic E-state index is -1.41. The third-order valence-electron chi connectivity index (χ3n) is 11.6. The van der Waals surface area contributed by atoms with Crippen LogP contribution in [-0.4, -0.2) is 59.9 Å². The van der Waals surface area contributed by atoms with Crippen molar-refractivity contribution in [3.8, 4) is 0 Å². The van der Waals surface area contributed by atoms with Crippen molar-refractivity contribution in [3.63, 3.8) is 0 Å². The van der Waals surface area contributed by atoms with Crippen LogP contribution in [0, 0.1) is 0 Å². The number of aliphatic carboxylic acids is 1. The highest BCUT2D eigenvalue weighted by Crippen LogP contribution is 2.42. The predicted octanol–water partition coefficient (Wildman–Crippen LogP) is 9.01. The molecule has 0 fully saturated rings. The van der Waals surface area contributed by atoms with Gasteiger partial charge in [0.1, 0.15) is 28.8 Å². The van der Waals surface area contributed by atoms with E-state index in [1.807, 2.05) is 131 Å². The molecule has 0 saturated carbocycles. The molecule has 0 radical (unpaired) electrons. The number of carboxylic acids is 1. The lowest BCUT2D eigenvalue weighted by Crippen LogP contribution is -2.53. The second-order valence-electron chi connectivity index (χ2n) is 17.2. The van der Waals surface area contributed by atoms with E-state index in [0.29, 0.717) is 11.4 Å². The van der Waals surface area contributed by atoms with E-state index in [0.717, 1.165) is 33.4 Å². The summed E-state index contributed by atoms with van der Waals surface area (Å²) >= 11 is 0. The average molecular weight is 877 g/mol. The Labute approximate surface area is 384 Å². The maximum atomic E-state index is 14.4. The predicted molar refractivity (Wildman–Crippen MR) is 254 cm³/mol. The third-order valence-corrected chi connectivity index (χ3v) is 11.6. The summed E-state index contributed by atoms with van der Waals surface area (Å²) in [6.07, 6.45) is 6.05. The van der Waals surface area contributed by atoms with Crippen molar-refractivity contribution in [2.45, 2.75) is 62.4 Å².